The molecule has 146 valence electrons. The zero-order chi connectivity index (χ0) is 18.5. The molecule has 6 heteroatoms. The van der Waals surface area contributed by atoms with Crippen LogP contribution in [0, 0.1) is 11.8 Å². The van der Waals surface area contributed by atoms with Crippen molar-refractivity contribution in [3.05, 3.63) is 24.2 Å². The Morgan fingerprint density at radius 1 is 1.23 bits per heavy atom. The summed E-state index contributed by atoms with van der Waals surface area (Å²) in [6.45, 7) is 0. The Kier molecular flexibility index (Phi) is 6.73. The molecule has 2 aliphatic carbocycles. The molecule has 3 rings (SSSR count). The van der Waals surface area contributed by atoms with Gasteiger partial charge in [-0.25, -0.2) is 0 Å². The van der Waals surface area contributed by atoms with Crippen molar-refractivity contribution in [2.75, 3.05) is 0 Å². The molecule has 1 aromatic heterocycles. The van der Waals surface area contributed by atoms with E-state index in [2.05, 4.69) is 5.32 Å². The van der Waals surface area contributed by atoms with E-state index in [-0.39, 0.29) is 11.8 Å². The van der Waals surface area contributed by atoms with Gasteiger partial charge in [0.1, 0.15) is 11.9 Å². The number of rotatable bonds is 9. The molecule has 4 atom stereocenters. The number of amides is 1. The van der Waals surface area contributed by atoms with Gasteiger partial charge in [-0.3, -0.25) is 4.79 Å². The molecule has 2 saturated carbocycles. The average molecular weight is 364 g/mol. The highest BCUT2D eigenvalue weighted by Crippen LogP contribution is 2.36. The molecule has 1 heterocycles. The maximum absolute atomic E-state index is 12.6. The molecule has 5 N–H and O–H groups in total. The maximum Gasteiger partial charge on any atom is 0.237 e. The summed E-state index contributed by atoms with van der Waals surface area (Å²) < 4.78 is 5.26. The van der Waals surface area contributed by atoms with Gasteiger partial charge in [0.2, 0.25) is 5.91 Å². The fourth-order valence-electron chi connectivity index (χ4n) is 4.05. The third kappa shape index (κ3) is 5.32. The van der Waals surface area contributed by atoms with Gasteiger partial charge in [0, 0.05) is 6.42 Å². The minimum Gasteiger partial charge on any atom is -0.469 e. The number of hydrogen-bond donors (Lipinski definition) is 4. The molecule has 0 radical (unpaired) electrons. The quantitative estimate of drug-likeness (QED) is 0.534. The van der Waals surface area contributed by atoms with Gasteiger partial charge in [-0.05, 0) is 43.2 Å². The van der Waals surface area contributed by atoms with E-state index < -0.39 is 24.3 Å². The fourth-order valence-corrected chi connectivity index (χ4v) is 4.05. The molecule has 2 fully saturated rings. The highest BCUT2D eigenvalue weighted by atomic mass is 16.3. The summed E-state index contributed by atoms with van der Waals surface area (Å²) in [6.07, 6.45) is 8.65. The Balaban J connectivity index is 1.60. The summed E-state index contributed by atoms with van der Waals surface area (Å²) in [4.78, 5) is 12.6. The van der Waals surface area contributed by atoms with Gasteiger partial charge in [-0.15, -0.1) is 0 Å². The average Bonchev–Trinajstić information content (AvgIpc) is 3.38. The molecule has 2 aliphatic rings. The zero-order valence-corrected chi connectivity index (χ0v) is 15.3. The molecule has 6 nitrogen and oxygen atoms in total. The Labute approximate surface area is 155 Å². The molecule has 1 amide bonds. The van der Waals surface area contributed by atoms with Crippen LogP contribution in [0.2, 0.25) is 0 Å². The van der Waals surface area contributed by atoms with E-state index >= 15 is 0 Å². The number of aliphatic hydroxyl groups excluding tert-OH is 2. The van der Waals surface area contributed by atoms with Crippen molar-refractivity contribution in [2.45, 2.75) is 82.1 Å². The summed E-state index contributed by atoms with van der Waals surface area (Å²) >= 11 is 0. The SMILES string of the molecule is NC(Cc1ccco1)C(=O)N[C@@H](CC1CCCCC1)[C@@H](O)[C@@H](O)C1CC1. The molecule has 26 heavy (non-hydrogen) atoms. The molecule has 0 aliphatic heterocycles. The maximum atomic E-state index is 12.6. The number of nitrogens with one attached hydrogen (secondary N) is 1. The Morgan fingerprint density at radius 2 is 1.96 bits per heavy atom. The fraction of sp³-hybridized carbons (Fsp3) is 0.750. The molecule has 1 aromatic rings. The van der Waals surface area contributed by atoms with E-state index in [0.717, 1.165) is 25.7 Å². The van der Waals surface area contributed by atoms with Crippen LogP contribution in [0.15, 0.2) is 22.8 Å². The van der Waals surface area contributed by atoms with Crippen molar-refractivity contribution in [2.24, 2.45) is 17.6 Å². The first-order valence-electron chi connectivity index (χ1n) is 9.99. The van der Waals surface area contributed by atoms with Gasteiger partial charge in [0.25, 0.3) is 0 Å². The molecule has 0 bridgehead atoms. The van der Waals surface area contributed by atoms with Crippen LogP contribution in [-0.4, -0.2) is 40.4 Å². The standard InChI is InChI=1S/C20H32N2O4/c21-16(12-15-7-4-10-26-15)20(25)22-17(11-13-5-2-1-3-6-13)19(24)18(23)14-8-9-14/h4,7,10,13-14,16-19,23-24H,1-3,5-6,8-9,11-12,21H2,(H,22,25)/t16?,17-,18-,19+/m0/s1. The molecule has 0 aromatic carbocycles. The number of carbonyl (C=O) groups is 1. The van der Waals surface area contributed by atoms with Gasteiger partial charge >= 0.3 is 0 Å². The van der Waals surface area contributed by atoms with E-state index in [1.807, 2.05) is 0 Å². The number of aliphatic hydroxyl groups is 2. The lowest BCUT2D eigenvalue weighted by atomic mass is 9.82. The van der Waals surface area contributed by atoms with Crippen molar-refractivity contribution < 1.29 is 19.4 Å². The molecule has 0 spiro atoms. The number of furan rings is 1. The van der Waals surface area contributed by atoms with E-state index in [0.29, 0.717) is 24.5 Å². The van der Waals surface area contributed by atoms with Crippen molar-refractivity contribution in [1.29, 1.82) is 0 Å². The highest BCUT2D eigenvalue weighted by Gasteiger charge is 2.39. The normalized spacial score (nSPS) is 23.2. The zero-order valence-electron chi connectivity index (χ0n) is 15.3. The van der Waals surface area contributed by atoms with Crippen molar-refractivity contribution in [3.63, 3.8) is 0 Å². The Morgan fingerprint density at radius 3 is 2.58 bits per heavy atom. The molecule has 1 unspecified atom stereocenters. The van der Waals surface area contributed by atoms with Crippen LogP contribution in [-0.2, 0) is 11.2 Å². The van der Waals surface area contributed by atoms with Crippen LogP contribution < -0.4 is 11.1 Å². The summed E-state index contributed by atoms with van der Waals surface area (Å²) in [5.41, 5.74) is 6.02. The Hall–Kier alpha value is -1.37. The van der Waals surface area contributed by atoms with E-state index in [1.54, 1.807) is 18.4 Å². The predicted octanol–water partition coefficient (Wildman–Crippen LogP) is 1.74. The van der Waals surface area contributed by atoms with Gasteiger partial charge in [0.05, 0.1) is 24.5 Å². The minimum absolute atomic E-state index is 0.160. The van der Waals surface area contributed by atoms with Crippen LogP contribution in [0.3, 0.4) is 0 Å². The van der Waals surface area contributed by atoms with Crippen LogP contribution >= 0.6 is 0 Å². The molecular formula is C20H32N2O4. The van der Waals surface area contributed by atoms with E-state index in [1.165, 1.54) is 19.3 Å². The second-order valence-corrected chi connectivity index (χ2v) is 8.06. The van der Waals surface area contributed by atoms with Crippen LogP contribution in [0.4, 0.5) is 0 Å². The first-order valence-corrected chi connectivity index (χ1v) is 9.99. The van der Waals surface area contributed by atoms with Gasteiger partial charge in [0.15, 0.2) is 0 Å². The molecular weight excluding hydrogens is 332 g/mol. The number of carbonyl (C=O) groups excluding carboxylic acids is 1. The van der Waals surface area contributed by atoms with Gasteiger partial charge < -0.3 is 25.7 Å². The van der Waals surface area contributed by atoms with Gasteiger partial charge in [-0.1, -0.05) is 32.1 Å². The summed E-state index contributed by atoms with van der Waals surface area (Å²) in [7, 11) is 0. The summed E-state index contributed by atoms with van der Waals surface area (Å²) in [5.74, 6) is 1.00. The highest BCUT2D eigenvalue weighted by molar-refractivity contribution is 5.82. The lowest BCUT2D eigenvalue weighted by molar-refractivity contribution is -0.125. The topological polar surface area (TPSA) is 109 Å². The molecule has 0 saturated heterocycles. The summed E-state index contributed by atoms with van der Waals surface area (Å²) in [5, 5.41) is 24.0. The van der Waals surface area contributed by atoms with Crippen molar-refractivity contribution in [1.82, 2.24) is 5.32 Å². The second-order valence-electron chi connectivity index (χ2n) is 8.06. The number of nitrogens with two attached hydrogens (primary N) is 1. The van der Waals surface area contributed by atoms with Gasteiger partial charge in [-0.2, -0.15) is 0 Å². The van der Waals surface area contributed by atoms with Crippen LogP contribution in [0.1, 0.15) is 57.1 Å². The lowest BCUT2D eigenvalue weighted by Crippen LogP contribution is -2.54. The first kappa shape index (κ1) is 19.4. The van der Waals surface area contributed by atoms with E-state index in [4.69, 9.17) is 10.2 Å². The first-order chi connectivity index (χ1) is 12.5. The van der Waals surface area contributed by atoms with E-state index in [9.17, 15) is 15.0 Å². The Bertz CT molecular complexity index is 552. The second kappa shape index (κ2) is 9.02. The smallest absolute Gasteiger partial charge is 0.237 e. The van der Waals surface area contributed by atoms with Crippen LogP contribution in [0.25, 0.3) is 0 Å². The lowest BCUT2D eigenvalue weighted by Gasteiger charge is -2.33. The van der Waals surface area contributed by atoms with Crippen molar-refractivity contribution >= 4 is 5.91 Å². The number of hydrogen-bond acceptors (Lipinski definition) is 5. The monoisotopic (exact) mass is 364 g/mol. The predicted molar refractivity (Wildman–Crippen MR) is 98.2 cm³/mol. The van der Waals surface area contributed by atoms with Crippen molar-refractivity contribution in [3.8, 4) is 0 Å². The third-order valence-electron chi connectivity index (χ3n) is 5.84. The minimum atomic E-state index is -0.941. The third-order valence-corrected chi connectivity index (χ3v) is 5.84. The largest absolute Gasteiger partial charge is 0.469 e. The van der Waals surface area contributed by atoms with Crippen LogP contribution in [0.5, 0.6) is 0 Å². The summed E-state index contributed by atoms with van der Waals surface area (Å²) in [6, 6.07) is 2.36.